The summed E-state index contributed by atoms with van der Waals surface area (Å²) in [5, 5.41) is 20.8. The number of carbonyl (C=O) groups excluding carboxylic acids is 1. The van der Waals surface area contributed by atoms with Gasteiger partial charge in [-0.2, -0.15) is 5.26 Å². The highest BCUT2D eigenvalue weighted by molar-refractivity contribution is 5.90. The second-order valence-corrected chi connectivity index (χ2v) is 5.67. The fourth-order valence-corrected chi connectivity index (χ4v) is 2.43. The molecule has 0 spiro atoms. The van der Waals surface area contributed by atoms with Gasteiger partial charge in [-0.3, -0.25) is 4.79 Å². The third-order valence-electron chi connectivity index (χ3n) is 3.73. The molecular weight excluding hydrogens is 270 g/mol. The van der Waals surface area contributed by atoms with Crippen LogP contribution < -0.4 is 5.32 Å². The van der Waals surface area contributed by atoms with Crippen LogP contribution in [0.5, 0.6) is 0 Å². The maximum Gasteiger partial charge on any atom is 0.321 e. The van der Waals surface area contributed by atoms with Crippen molar-refractivity contribution in [3.8, 4) is 6.07 Å². The number of nitriles is 1. The van der Waals surface area contributed by atoms with E-state index in [-0.39, 0.29) is 12.6 Å². The zero-order valence-electron chi connectivity index (χ0n) is 12.0. The smallest absolute Gasteiger partial charge is 0.321 e. The van der Waals surface area contributed by atoms with Crippen LogP contribution in [0.15, 0.2) is 18.2 Å². The maximum absolute atomic E-state index is 12.2. The minimum Gasteiger partial charge on any atom is -0.481 e. The van der Waals surface area contributed by atoms with E-state index < -0.39 is 11.4 Å². The first kappa shape index (κ1) is 14.9. The van der Waals surface area contributed by atoms with E-state index in [1.807, 2.05) is 13.0 Å². The van der Waals surface area contributed by atoms with Crippen LogP contribution in [0.25, 0.3) is 0 Å². The number of rotatable bonds is 2. The van der Waals surface area contributed by atoms with E-state index in [9.17, 15) is 14.7 Å². The fourth-order valence-electron chi connectivity index (χ4n) is 2.43. The van der Waals surface area contributed by atoms with Crippen LogP contribution in [0.2, 0.25) is 0 Å². The van der Waals surface area contributed by atoms with Crippen LogP contribution in [0, 0.1) is 23.7 Å². The average molecular weight is 287 g/mol. The molecule has 1 saturated heterocycles. The van der Waals surface area contributed by atoms with Gasteiger partial charge in [0.2, 0.25) is 0 Å². The summed E-state index contributed by atoms with van der Waals surface area (Å²) in [6.45, 7) is 4.08. The molecule has 1 aromatic rings. The molecule has 0 aromatic heterocycles. The molecule has 1 aliphatic rings. The van der Waals surface area contributed by atoms with Crippen molar-refractivity contribution in [3.05, 3.63) is 29.3 Å². The molecule has 1 atom stereocenters. The van der Waals surface area contributed by atoms with Crippen LogP contribution in [-0.2, 0) is 4.79 Å². The first-order valence-electron chi connectivity index (χ1n) is 6.65. The van der Waals surface area contributed by atoms with Gasteiger partial charge in [0, 0.05) is 18.8 Å². The standard InChI is InChI=1S/C15H17N3O3/c1-10-5-11(8-16)7-12(6-10)17-14(21)18-4-3-15(2,9-18)13(19)20/h5-7H,3-4,9H2,1-2H3,(H,17,21)(H,19,20). The Morgan fingerprint density at radius 2 is 2.14 bits per heavy atom. The number of urea groups is 1. The Labute approximate surface area is 123 Å². The summed E-state index contributed by atoms with van der Waals surface area (Å²) in [7, 11) is 0. The van der Waals surface area contributed by atoms with Gasteiger partial charge in [-0.25, -0.2) is 4.79 Å². The van der Waals surface area contributed by atoms with E-state index in [1.54, 1.807) is 25.1 Å². The van der Waals surface area contributed by atoms with E-state index in [0.29, 0.717) is 24.2 Å². The highest BCUT2D eigenvalue weighted by Gasteiger charge is 2.42. The van der Waals surface area contributed by atoms with Crippen LogP contribution in [-0.4, -0.2) is 35.1 Å². The number of carboxylic acid groups (broad SMARTS) is 1. The number of carboxylic acids is 1. The number of anilines is 1. The summed E-state index contributed by atoms with van der Waals surface area (Å²) in [6, 6.07) is 6.79. The van der Waals surface area contributed by atoms with E-state index in [2.05, 4.69) is 5.32 Å². The minimum absolute atomic E-state index is 0.186. The van der Waals surface area contributed by atoms with E-state index in [0.717, 1.165) is 5.56 Å². The highest BCUT2D eigenvalue weighted by atomic mass is 16.4. The van der Waals surface area contributed by atoms with Gasteiger partial charge < -0.3 is 15.3 Å². The number of hydrogen-bond acceptors (Lipinski definition) is 3. The molecule has 2 amide bonds. The molecular formula is C15H17N3O3. The summed E-state index contributed by atoms with van der Waals surface area (Å²) < 4.78 is 0. The van der Waals surface area contributed by atoms with Crippen LogP contribution in [0.3, 0.4) is 0 Å². The highest BCUT2D eigenvalue weighted by Crippen LogP contribution is 2.30. The molecule has 1 aromatic carbocycles. The van der Waals surface area contributed by atoms with Crippen molar-refractivity contribution >= 4 is 17.7 Å². The molecule has 21 heavy (non-hydrogen) atoms. The Morgan fingerprint density at radius 3 is 2.71 bits per heavy atom. The van der Waals surface area contributed by atoms with Crippen molar-refractivity contribution in [3.63, 3.8) is 0 Å². The predicted molar refractivity (Wildman–Crippen MR) is 76.8 cm³/mol. The second-order valence-electron chi connectivity index (χ2n) is 5.67. The van der Waals surface area contributed by atoms with Gasteiger partial charge in [0.25, 0.3) is 0 Å². The van der Waals surface area contributed by atoms with Crippen molar-refractivity contribution in [2.24, 2.45) is 5.41 Å². The van der Waals surface area contributed by atoms with Crippen molar-refractivity contribution in [1.82, 2.24) is 4.90 Å². The number of hydrogen-bond donors (Lipinski definition) is 2. The molecule has 1 unspecified atom stereocenters. The Bertz CT molecular complexity index is 636. The van der Waals surface area contributed by atoms with E-state index in [4.69, 9.17) is 5.26 Å². The zero-order valence-corrected chi connectivity index (χ0v) is 12.0. The molecule has 1 heterocycles. The van der Waals surface area contributed by atoms with Gasteiger partial charge in [0.05, 0.1) is 17.0 Å². The van der Waals surface area contributed by atoms with Gasteiger partial charge >= 0.3 is 12.0 Å². The lowest BCUT2D eigenvalue weighted by Crippen LogP contribution is -2.37. The number of carbonyl (C=O) groups is 2. The first-order valence-corrected chi connectivity index (χ1v) is 6.65. The normalized spacial score (nSPS) is 20.9. The number of aryl methyl sites for hydroxylation is 1. The summed E-state index contributed by atoms with van der Waals surface area (Å²) in [4.78, 5) is 24.8. The maximum atomic E-state index is 12.2. The molecule has 0 radical (unpaired) electrons. The zero-order chi connectivity index (χ0) is 15.6. The molecule has 0 saturated carbocycles. The van der Waals surface area contributed by atoms with Crippen LogP contribution >= 0.6 is 0 Å². The molecule has 1 aliphatic heterocycles. The molecule has 2 N–H and O–H groups in total. The number of amides is 2. The third-order valence-corrected chi connectivity index (χ3v) is 3.73. The van der Waals surface area contributed by atoms with Gasteiger partial charge in [-0.1, -0.05) is 0 Å². The van der Waals surface area contributed by atoms with Crippen LogP contribution in [0.1, 0.15) is 24.5 Å². The van der Waals surface area contributed by atoms with Gasteiger partial charge in [0.15, 0.2) is 0 Å². The van der Waals surface area contributed by atoms with Crippen molar-refractivity contribution in [2.45, 2.75) is 20.3 Å². The summed E-state index contributed by atoms with van der Waals surface area (Å²) >= 11 is 0. The largest absolute Gasteiger partial charge is 0.481 e. The summed E-state index contributed by atoms with van der Waals surface area (Å²) in [6.07, 6.45) is 0.438. The SMILES string of the molecule is Cc1cc(C#N)cc(NC(=O)N2CCC(C)(C(=O)O)C2)c1. The Balaban J connectivity index is 2.08. The molecule has 6 heteroatoms. The quantitative estimate of drug-likeness (QED) is 0.872. The molecule has 0 aliphatic carbocycles. The number of aliphatic carboxylic acids is 1. The molecule has 1 fully saturated rings. The molecule has 110 valence electrons. The Hall–Kier alpha value is -2.55. The average Bonchev–Trinajstić information content (AvgIpc) is 2.82. The lowest BCUT2D eigenvalue weighted by Gasteiger charge is -2.20. The van der Waals surface area contributed by atoms with Crippen molar-refractivity contribution < 1.29 is 14.7 Å². The molecule has 2 rings (SSSR count). The van der Waals surface area contributed by atoms with Gasteiger partial charge in [0.1, 0.15) is 0 Å². The van der Waals surface area contributed by atoms with Crippen molar-refractivity contribution in [1.29, 1.82) is 5.26 Å². The topological polar surface area (TPSA) is 93.4 Å². The number of likely N-dealkylation sites (tertiary alicyclic amines) is 1. The Kier molecular flexibility index (Phi) is 3.85. The monoisotopic (exact) mass is 287 g/mol. The second kappa shape index (κ2) is 5.44. The van der Waals surface area contributed by atoms with Gasteiger partial charge in [-0.05, 0) is 44.0 Å². The van der Waals surface area contributed by atoms with Crippen LogP contribution in [0.4, 0.5) is 10.5 Å². The Morgan fingerprint density at radius 1 is 1.43 bits per heavy atom. The number of nitrogens with zero attached hydrogens (tertiary/aromatic N) is 2. The number of benzene rings is 1. The molecule has 6 nitrogen and oxygen atoms in total. The number of nitrogens with one attached hydrogen (secondary N) is 1. The summed E-state index contributed by atoms with van der Waals surface area (Å²) in [5.74, 6) is -0.889. The lowest BCUT2D eigenvalue weighted by molar-refractivity contribution is -0.146. The minimum atomic E-state index is -0.889. The lowest BCUT2D eigenvalue weighted by atomic mass is 9.90. The predicted octanol–water partition coefficient (Wildman–Crippen LogP) is 2.20. The van der Waals surface area contributed by atoms with Crippen molar-refractivity contribution in [2.75, 3.05) is 18.4 Å². The van der Waals surface area contributed by atoms with Gasteiger partial charge in [-0.15, -0.1) is 0 Å². The first-order chi connectivity index (χ1) is 9.84. The van der Waals surface area contributed by atoms with E-state index >= 15 is 0 Å². The summed E-state index contributed by atoms with van der Waals surface area (Å²) in [5.41, 5.74) is 1.01. The molecule has 0 bridgehead atoms. The third kappa shape index (κ3) is 3.14. The fraction of sp³-hybridized carbons (Fsp3) is 0.400. The van der Waals surface area contributed by atoms with E-state index in [1.165, 1.54) is 4.90 Å².